The molecule has 2 heterocycles. The zero-order chi connectivity index (χ0) is 24.9. The molecule has 1 saturated heterocycles. The fraction of sp³-hybridized carbons (Fsp3) is 0.280. The number of piperazine rings is 1. The predicted molar refractivity (Wildman–Crippen MR) is 150 cm³/mol. The molecule has 10 heteroatoms. The highest BCUT2D eigenvalue weighted by molar-refractivity contribution is 7.80. The largest absolute Gasteiger partial charge is 0.368 e. The number of thiocarbonyl (C=S) groups is 1. The maximum atomic E-state index is 6.38. The van der Waals surface area contributed by atoms with Crippen LogP contribution in [-0.4, -0.2) is 52.1 Å². The van der Waals surface area contributed by atoms with Gasteiger partial charge in [0.25, 0.3) is 0 Å². The van der Waals surface area contributed by atoms with Gasteiger partial charge in [0, 0.05) is 48.3 Å². The molecule has 0 radical (unpaired) electrons. The fourth-order valence-electron chi connectivity index (χ4n) is 3.87. The van der Waals surface area contributed by atoms with Gasteiger partial charge >= 0.3 is 0 Å². The Morgan fingerprint density at radius 2 is 1.63 bits per heavy atom. The van der Waals surface area contributed by atoms with E-state index in [0.717, 1.165) is 53.8 Å². The SMILES string of the molecule is Cc1ccc(NC(=S)/N=C(/Nc2nc(C)cc(C)n2)N2CCN(c3cccc(Cl)c3)CC2)c(Cl)c1. The molecule has 2 N–H and O–H groups in total. The van der Waals surface area contributed by atoms with E-state index < -0.39 is 0 Å². The van der Waals surface area contributed by atoms with Crippen molar-refractivity contribution >= 4 is 63.8 Å². The van der Waals surface area contributed by atoms with Gasteiger partial charge in [0.05, 0.1) is 10.7 Å². The van der Waals surface area contributed by atoms with Crippen molar-refractivity contribution in [2.75, 3.05) is 41.7 Å². The first-order valence-electron chi connectivity index (χ1n) is 11.3. The van der Waals surface area contributed by atoms with Gasteiger partial charge in [-0.1, -0.05) is 35.3 Å². The van der Waals surface area contributed by atoms with Crippen LogP contribution in [0.5, 0.6) is 0 Å². The fourth-order valence-corrected chi connectivity index (χ4v) is 4.53. The van der Waals surface area contributed by atoms with Gasteiger partial charge in [-0.15, -0.1) is 0 Å². The van der Waals surface area contributed by atoms with Crippen LogP contribution < -0.4 is 15.5 Å². The zero-order valence-corrected chi connectivity index (χ0v) is 22.2. The molecule has 0 aliphatic carbocycles. The lowest BCUT2D eigenvalue weighted by Gasteiger charge is -2.37. The Morgan fingerprint density at radius 3 is 2.29 bits per heavy atom. The van der Waals surface area contributed by atoms with Crippen molar-refractivity contribution in [3.8, 4) is 0 Å². The molecule has 3 aromatic rings. The minimum Gasteiger partial charge on any atom is -0.368 e. The van der Waals surface area contributed by atoms with Crippen LogP contribution in [0, 0.1) is 20.8 Å². The van der Waals surface area contributed by atoms with Crippen LogP contribution in [0.3, 0.4) is 0 Å². The van der Waals surface area contributed by atoms with Crippen LogP contribution in [0.4, 0.5) is 17.3 Å². The molecule has 1 aromatic heterocycles. The van der Waals surface area contributed by atoms with Gasteiger partial charge < -0.3 is 15.1 Å². The summed E-state index contributed by atoms with van der Waals surface area (Å²) < 4.78 is 0. The Balaban J connectivity index is 1.54. The Morgan fingerprint density at radius 1 is 0.914 bits per heavy atom. The molecule has 4 rings (SSSR count). The van der Waals surface area contributed by atoms with Crippen molar-refractivity contribution in [1.82, 2.24) is 14.9 Å². The average molecular weight is 529 g/mol. The molecule has 35 heavy (non-hydrogen) atoms. The molecule has 0 amide bonds. The standard InChI is InChI=1S/C25H27Cl2N7S/c1-16-7-8-22(21(27)13-16)30-25(35)32-24(31-23-28-17(2)14-18(3)29-23)34-11-9-33(10-12-34)20-6-4-5-19(26)15-20/h4-8,13-15H,9-12H2,1-3H3,(H2,28,29,30,31,32,35). The second-order valence-corrected chi connectivity index (χ2v) is 9.63. The summed E-state index contributed by atoms with van der Waals surface area (Å²) in [4.78, 5) is 18.2. The molecule has 0 bridgehead atoms. The second kappa shape index (κ2) is 11.2. The molecular formula is C25H27Cl2N7S. The van der Waals surface area contributed by atoms with Crippen LogP contribution in [0.25, 0.3) is 0 Å². The highest BCUT2D eigenvalue weighted by Gasteiger charge is 2.22. The first kappa shape index (κ1) is 25.2. The van der Waals surface area contributed by atoms with E-state index >= 15 is 0 Å². The number of benzene rings is 2. The predicted octanol–water partition coefficient (Wildman–Crippen LogP) is 5.70. The van der Waals surface area contributed by atoms with Crippen LogP contribution in [0.1, 0.15) is 17.0 Å². The third kappa shape index (κ3) is 6.81. The molecule has 0 saturated carbocycles. The number of nitrogens with zero attached hydrogens (tertiary/aromatic N) is 5. The minimum atomic E-state index is 0.292. The normalized spacial score (nSPS) is 14.1. The molecular weight excluding hydrogens is 501 g/mol. The van der Waals surface area contributed by atoms with E-state index in [0.29, 0.717) is 27.7 Å². The van der Waals surface area contributed by atoms with Crippen molar-refractivity contribution < 1.29 is 0 Å². The second-order valence-electron chi connectivity index (χ2n) is 8.40. The lowest BCUT2D eigenvalue weighted by Crippen LogP contribution is -2.51. The quantitative estimate of drug-likeness (QED) is 0.257. The number of hydrogen-bond donors (Lipinski definition) is 2. The van der Waals surface area contributed by atoms with Gasteiger partial charge in [-0.2, -0.15) is 4.99 Å². The van der Waals surface area contributed by atoms with Crippen LogP contribution in [0.2, 0.25) is 10.0 Å². The van der Waals surface area contributed by atoms with E-state index in [-0.39, 0.29) is 0 Å². The molecule has 182 valence electrons. The number of aromatic nitrogens is 2. The van der Waals surface area contributed by atoms with Gasteiger partial charge in [0.15, 0.2) is 0 Å². The molecule has 2 aromatic carbocycles. The summed E-state index contributed by atoms with van der Waals surface area (Å²) in [5, 5.41) is 8.03. The van der Waals surface area contributed by atoms with Gasteiger partial charge in [-0.25, -0.2) is 9.97 Å². The summed E-state index contributed by atoms with van der Waals surface area (Å²) in [5.74, 6) is 1.07. The smallest absolute Gasteiger partial charge is 0.229 e. The number of halogens is 2. The van der Waals surface area contributed by atoms with Crippen molar-refractivity contribution in [3.63, 3.8) is 0 Å². The highest BCUT2D eigenvalue weighted by atomic mass is 35.5. The Labute approximate surface area is 221 Å². The monoisotopic (exact) mass is 527 g/mol. The van der Waals surface area contributed by atoms with Crippen LogP contribution >= 0.6 is 35.4 Å². The van der Waals surface area contributed by atoms with Crippen molar-refractivity contribution in [2.24, 2.45) is 4.99 Å². The van der Waals surface area contributed by atoms with Gasteiger partial charge in [-0.05, 0) is 75.0 Å². The number of hydrogen-bond acceptors (Lipinski definition) is 4. The lowest BCUT2D eigenvalue weighted by molar-refractivity contribution is 0.385. The molecule has 0 atom stereocenters. The van der Waals surface area contributed by atoms with Gasteiger partial charge in [0.2, 0.25) is 17.0 Å². The highest BCUT2D eigenvalue weighted by Crippen LogP contribution is 2.23. The molecule has 0 spiro atoms. The third-order valence-corrected chi connectivity index (χ3v) is 6.27. The summed E-state index contributed by atoms with van der Waals surface area (Å²) in [5.41, 5.74) is 4.63. The molecule has 1 aliphatic rings. The number of guanidine groups is 1. The summed E-state index contributed by atoms with van der Waals surface area (Å²) >= 11 is 18.1. The van der Waals surface area contributed by atoms with E-state index in [1.165, 1.54) is 0 Å². The third-order valence-electron chi connectivity index (χ3n) is 5.53. The van der Waals surface area contributed by atoms with Crippen molar-refractivity contribution in [2.45, 2.75) is 20.8 Å². The van der Waals surface area contributed by atoms with Crippen LogP contribution in [-0.2, 0) is 0 Å². The average Bonchev–Trinajstić information content (AvgIpc) is 2.80. The van der Waals surface area contributed by atoms with Crippen molar-refractivity contribution in [1.29, 1.82) is 0 Å². The molecule has 1 aliphatic heterocycles. The van der Waals surface area contributed by atoms with E-state index in [4.69, 9.17) is 40.4 Å². The van der Waals surface area contributed by atoms with Gasteiger partial charge in [-0.3, -0.25) is 5.32 Å². The number of aryl methyl sites for hydroxylation is 3. The van der Waals surface area contributed by atoms with E-state index in [1.54, 1.807) is 0 Å². The van der Waals surface area contributed by atoms with Crippen molar-refractivity contribution in [3.05, 3.63) is 75.5 Å². The van der Waals surface area contributed by atoms with E-state index in [2.05, 4.69) is 36.5 Å². The van der Waals surface area contributed by atoms with Crippen LogP contribution in [0.15, 0.2) is 53.5 Å². The number of rotatable bonds is 3. The van der Waals surface area contributed by atoms with Gasteiger partial charge in [0.1, 0.15) is 0 Å². The zero-order valence-electron chi connectivity index (χ0n) is 19.8. The maximum Gasteiger partial charge on any atom is 0.229 e. The summed E-state index contributed by atoms with van der Waals surface area (Å²) in [6.07, 6.45) is 0. The summed E-state index contributed by atoms with van der Waals surface area (Å²) in [6, 6.07) is 15.6. The van der Waals surface area contributed by atoms with E-state index in [9.17, 15) is 0 Å². The Kier molecular flexibility index (Phi) is 8.05. The summed E-state index contributed by atoms with van der Waals surface area (Å²) in [7, 11) is 0. The summed E-state index contributed by atoms with van der Waals surface area (Å²) in [6.45, 7) is 8.94. The lowest BCUT2D eigenvalue weighted by atomic mass is 10.2. The Hall–Kier alpha value is -2.94. The first-order valence-corrected chi connectivity index (χ1v) is 12.4. The molecule has 7 nitrogen and oxygen atoms in total. The topological polar surface area (TPSA) is 68.7 Å². The number of aliphatic imine (C=N–C) groups is 1. The first-order chi connectivity index (χ1) is 16.8. The van der Waals surface area contributed by atoms with E-state index in [1.807, 2.05) is 63.2 Å². The Bertz CT molecular complexity index is 1240. The number of anilines is 3. The maximum absolute atomic E-state index is 6.38. The molecule has 0 unspecified atom stereocenters. The number of nitrogens with one attached hydrogen (secondary N) is 2. The molecule has 1 fully saturated rings. The minimum absolute atomic E-state index is 0.292.